The molecule has 0 aromatic rings. The predicted molar refractivity (Wildman–Crippen MR) is 98.9 cm³/mol. The second-order valence-corrected chi connectivity index (χ2v) is 6.53. The van der Waals surface area contributed by atoms with E-state index in [9.17, 15) is 0 Å². The van der Waals surface area contributed by atoms with Crippen LogP contribution in [0.3, 0.4) is 0 Å². The molecule has 120 valence electrons. The van der Waals surface area contributed by atoms with E-state index in [1.807, 2.05) is 0 Å². The van der Waals surface area contributed by atoms with Crippen LogP contribution in [0.4, 0.5) is 0 Å². The molecule has 0 saturated carbocycles. The first-order valence-corrected chi connectivity index (χ1v) is 8.03. The van der Waals surface area contributed by atoms with Gasteiger partial charge in [0.05, 0.1) is 0 Å². The van der Waals surface area contributed by atoms with Crippen LogP contribution in [0.15, 0.2) is 0 Å². The van der Waals surface area contributed by atoms with Gasteiger partial charge in [-0.1, -0.05) is 0 Å². The van der Waals surface area contributed by atoms with Gasteiger partial charge in [-0.15, -0.1) is 0 Å². The van der Waals surface area contributed by atoms with Crippen LogP contribution in [0.2, 0.25) is 0 Å². The molecule has 0 amide bonds. The first-order valence-electron chi connectivity index (χ1n) is 6.39. The molecule has 0 atom stereocenters. The third-order valence-corrected chi connectivity index (χ3v) is 2.45. The quantitative estimate of drug-likeness (QED) is 0.464. The monoisotopic (exact) mass is 368 g/mol. The molecule has 0 aromatic heterocycles. The van der Waals surface area contributed by atoms with Gasteiger partial charge in [-0.3, -0.25) is 0 Å². The Kier molecular flexibility index (Phi) is 10.9. The molecule has 0 bridgehead atoms. The summed E-state index contributed by atoms with van der Waals surface area (Å²) in [6, 6.07) is 0. The number of hydrogen-bond donors (Lipinski definition) is 0. The summed E-state index contributed by atoms with van der Waals surface area (Å²) in [4.78, 5) is 0. The van der Waals surface area contributed by atoms with Crippen LogP contribution in [0.1, 0.15) is 47.0 Å². The van der Waals surface area contributed by atoms with Crippen molar-refractivity contribution in [1.29, 1.82) is 0 Å². The molecule has 0 aromatic carbocycles. The highest BCUT2D eigenvalue weighted by Gasteiger charge is 2.17. The van der Waals surface area contributed by atoms with E-state index in [4.69, 9.17) is 67.8 Å². The molecule has 0 heterocycles. The first kappa shape index (κ1) is 20.6. The van der Waals surface area contributed by atoms with E-state index in [-0.39, 0.29) is 0 Å². The summed E-state index contributed by atoms with van der Waals surface area (Å²) in [6.07, 6.45) is 0.910. The molecular formula is C13H20O4S4. The highest BCUT2D eigenvalue weighted by Crippen LogP contribution is 2.13. The Labute approximate surface area is 147 Å². The van der Waals surface area contributed by atoms with Crippen LogP contribution in [-0.4, -0.2) is 32.8 Å². The molecule has 21 heavy (non-hydrogen) atoms. The van der Waals surface area contributed by atoms with E-state index in [0.29, 0.717) is 39.5 Å². The molecule has 0 radical (unpaired) electrons. The van der Waals surface area contributed by atoms with Gasteiger partial charge in [0.2, 0.25) is 12.6 Å². The number of rotatable bonds is 8. The highest BCUT2D eigenvalue weighted by atomic mass is 32.1. The summed E-state index contributed by atoms with van der Waals surface area (Å²) in [5.74, 6) is 0. The maximum absolute atomic E-state index is 5.39. The van der Waals surface area contributed by atoms with Gasteiger partial charge in [-0.2, -0.15) is 0 Å². The minimum absolute atomic E-state index is 0.407. The summed E-state index contributed by atoms with van der Waals surface area (Å²) >= 11 is 19.6. The normalized spacial score (nSPS) is 10.2. The smallest absolute Gasteiger partial charge is 0.242 e. The van der Waals surface area contributed by atoms with Gasteiger partial charge in [-0.05, 0) is 55.3 Å². The Hall–Kier alpha value is -0.440. The van der Waals surface area contributed by atoms with Crippen LogP contribution in [0.25, 0.3) is 0 Å². The maximum atomic E-state index is 5.39. The fraction of sp³-hybridized carbons (Fsp3) is 0.692. The van der Waals surface area contributed by atoms with E-state index in [0.717, 1.165) is 0 Å². The molecule has 0 spiro atoms. The number of hydrogen-bond acceptors (Lipinski definition) is 8. The lowest BCUT2D eigenvalue weighted by molar-refractivity contribution is -0.0392. The fourth-order valence-electron chi connectivity index (χ4n) is 1.48. The lowest BCUT2D eigenvalue weighted by atomic mass is 10.2. The number of ether oxygens (including phenoxy) is 4. The minimum Gasteiger partial charge on any atom is -0.449 e. The van der Waals surface area contributed by atoms with Crippen molar-refractivity contribution < 1.29 is 18.9 Å². The van der Waals surface area contributed by atoms with E-state index >= 15 is 0 Å². The second-order valence-electron chi connectivity index (χ2n) is 4.23. The molecule has 8 heteroatoms. The van der Waals surface area contributed by atoms with Gasteiger partial charge in [-0.25, -0.2) is 0 Å². The van der Waals surface area contributed by atoms with Crippen molar-refractivity contribution in [2.24, 2.45) is 0 Å². The van der Waals surface area contributed by atoms with Gasteiger partial charge in [0.1, 0.15) is 0 Å². The summed E-state index contributed by atoms with van der Waals surface area (Å²) in [7, 11) is 0. The summed E-state index contributed by atoms with van der Waals surface area (Å²) < 4.78 is 21.6. The molecular weight excluding hydrogens is 348 g/mol. The van der Waals surface area contributed by atoms with Gasteiger partial charge >= 0.3 is 0 Å². The fourth-order valence-corrected chi connectivity index (χ4v) is 1.90. The van der Waals surface area contributed by atoms with Gasteiger partial charge < -0.3 is 18.9 Å². The Morgan fingerprint density at radius 1 is 0.619 bits per heavy atom. The lowest BCUT2D eigenvalue weighted by Gasteiger charge is -2.21. The van der Waals surface area contributed by atoms with Crippen LogP contribution >= 0.6 is 48.9 Å². The molecule has 0 aliphatic carbocycles. The van der Waals surface area contributed by atoms with Crippen molar-refractivity contribution in [1.82, 2.24) is 0 Å². The maximum Gasteiger partial charge on any atom is 0.242 e. The van der Waals surface area contributed by atoms with Crippen molar-refractivity contribution >= 4 is 69.1 Å². The zero-order chi connectivity index (χ0) is 16.4. The second kappa shape index (κ2) is 11.2. The summed E-state index contributed by atoms with van der Waals surface area (Å²) in [6.45, 7) is 6.74. The molecule has 0 rings (SSSR count). The van der Waals surface area contributed by atoms with Crippen molar-refractivity contribution in [2.75, 3.05) is 0 Å². The van der Waals surface area contributed by atoms with Crippen LogP contribution in [-0.2, 0) is 18.9 Å². The SMILES string of the molecule is CC(=S)OC(CCCC(OC(C)=S)OC(C)=S)OC(C)=S. The zero-order valence-electron chi connectivity index (χ0n) is 12.5. The van der Waals surface area contributed by atoms with Crippen molar-refractivity contribution in [3.8, 4) is 0 Å². The summed E-state index contributed by atoms with van der Waals surface area (Å²) in [5.41, 5.74) is 0. The van der Waals surface area contributed by atoms with Crippen molar-refractivity contribution in [2.45, 2.75) is 59.5 Å². The summed E-state index contributed by atoms with van der Waals surface area (Å²) in [5, 5.41) is 1.63. The number of thiocarbonyl (C=S) groups is 4. The predicted octanol–water partition coefficient (Wildman–Crippen LogP) is 4.26. The molecule has 0 saturated heterocycles. The van der Waals surface area contributed by atoms with Crippen molar-refractivity contribution in [3.63, 3.8) is 0 Å². The lowest BCUT2D eigenvalue weighted by Crippen LogP contribution is -2.24. The zero-order valence-corrected chi connectivity index (χ0v) is 15.8. The van der Waals surface area contributed by atoms with Gasteiger partial charge in [0, 0.05) is 40.5 Å². The van der Waals surface area contributed by atoms with E-state index in [1.165, 1.54) is 0 Å². The van der Waals surface area contributed by atoms with E-state index in [2.05, 4.69) is 0 Å². The third kappa shape index (κ3) is 13.0. The molecule has 0 aliphatic rings. The highest BCUT2D eigenvalue weighted by molar-refractivity contribution is 7.80. The first-order chi connectivity index (χ1) is 9.70. The van der Waals surface area contributed by atoms with Crippen LogP contribution in [0.5, 0.6) is 0 Å². The van der Waals surface area contributed by atoms with E-state index in [1.54, 1.807) is 27.7 Å². The standard InChI is InChI=1S/C13H20O4S4/c1-8(18)14-12(15-9(2)19)6-5-7-13(16-10(3)20)17-11(4)21/h12-13H,5-7H2,1-4H3. The third-order valence-electron chi connectivity index (χ3n) is 2.07. The Morgan fingerprint density at radius 2 is 0.857 bits per heavy atom. The Bertz CT molecular complexity index is 330. The molecule has 4 nitrogen and oxygen atoms in total. The largest absolute Gasteiger partial charge is 0.449 e. The van der Waals surface area contributed by atoms with E-state index < -0.39 is 12.6 Å². The van der Waals surface area contributed by atoms with Crippen LogP contribution < -0.4 is 0 Å². The molecule has 0 unspecified atom stereocenters. The Balaban J connectivity index is 4.34. The molecule has 0 fully saturated rings. The van der Waals surface area contributed by atoms with Crippen molar-refractivity contribution in [3.05, 3.63) is 0 Å². The topological polar surface area (TPSA) is 36.9 Å². The molecule has 0 aliphatic heterocycles. The molecule has 0 N–H and O–H groups in total. The van der Waals surface area contributed by atoms with Crippen LogP contribution in [0, 0.1) is 0 Å². The minimum atomic E-state index is -0.497. The average molecular weight is 369 g/mol. The average Bonchev–Trinajstić information content (AvgIpc) is 2.24. The Morgan fingerprint density at radius 3 is 1.05 bits per heavy atom. The van der Waals surface area contributed by atoms with Gasteiger partial charge in [0.25, 0.3) is 0 Å². The van der Waals surface area contributed by atoms with Gasteiger partial charge in [0.15, 0.2) is 20.2 Å².